The first-order chi connectivity index (χ1) is 11.7. The summed E-state index contributed by atoms with van der Waals surface area (Å²) in [5, 5.41) is 3.39. The van der Waals surface area contributed by atoms with Crippen LogP contribution in [0.2, 0.25) is 0 Å². The topological polar surface area (TPSA) is 55.4 Å². The van der Waals surface area contributed by atoms with Crippen LogP contribution in [0.25, 0.3) is 0 Å². The molecular formula is C18H18ClNO3S. The normalized spacial score (nSPS) is 13.2. The Labute approximate surface area is 149 Å². The second kappa shape index (κ2) is 7.36. The summed E-state index contributed by atoms with van der Waals surface area (Å²) in [5.74, 6) is -0.0147. The second-order valence-electron chi connectivity index (χ2n) is 5.63. The lowest BCUT2D eigenvalue weighted by atomic mass is 9.91. The minimum Gasteiger partial charge on any atom is -0.496 e. The number of rotatable bonds is 5. The maximum Gasteiger partial charge on any atom is 0.239 e. The Bertz CT molecular complexity index is 785. The third-order valence-corrected chi connectivity index (χ3v) is 5.57. The molecule has 3 rings (SSSR count). The minimum absolute atomic E-state index is 0.114. The van der Waals surface area contributed by atoms with Crippen molar-refractivity contribution in [1.82, 2.24) is 0 Å². The molecule has 0 spiro atoms. The van der Waals surface area contributed by atoms with Crippen molar-refractivity contribution in [1.29, 1.82) is 0 Å². The Morgan fingerprint density at radius 2 is 2.00 bits per heavy atom. The van der Waals surface area contributed by atoms with Crippen molar-refractivity contribution in [3.63, 3.8) is 0 Å². The van der Waals surface area contributed by atoms with Crippen LogP contribution in [-0.2, 0) is 17.6 Å². The van der Waals surface area contributed by atoms with Crippen LogP contribution in [0.4, 0.5) is 5.00 Å². The number of alkyl halides is 1. The number of para-hydroxylation sites is 1. The lowest BCUT2D eigenvalue weighted by Gasteiger charge is -2.13. The van der Waals surface area contributed by atoms with Crippen LogP contribution in [0.1, 0.15) is 39.2 Å². The van der Waals surface area contributed by atoms with E-state index in [0.717, 1.165) is 31.2 Å². The van der Waals surface area contributed by atoms with Gasteiger partial charge in [-0.05, 0) is 43.4 Å². The summed E-state index contributed by atoms with van der Waals surface area (Å²) in [6.07, 6.45) is 3.97. The van der Waals surface area contributed by atoms with E-state index < -0.39 is 0 Å². The lowest BCUT2D eigenvalue weighted by Crippen LogP contribution is -2.15. The molecule has 1 aromatic heterocycles. The minimum atomic E-state index is -0.302. The van der Waals surface area contributed by atoms with Crippen LogP contribution in [0.3, 0.4) is 0 Å². The SMILES string of the molecule is COc1ccccc1C(=O)c1c(NC(=O)CCl)sc2c1CCCC2. The summed E-state index contributed by atoms with van der Waals surface area (Å²) in [6.45, 7) is 0. The van der Waals surface area contributed by atoms with Crippen LogP contribution in [0, 0.1) is 0 Å². The molecule has 0 bridgehead atoms. The molecule has 2 aromatic rings. The molecule has 4 nitrogen and oxygen atoms in total. The fourth-order valence-corrected chi connectivity index (χ4v) is 4.39. The van der Waals surface area contributed by atoms with E-state index in [2.05, 4.69) is 5.32 Å². The Kier molecular flexibility index (Phi) is 5.21. The molecule has 1 amide bonds. The summed E-state index contributed by atoms with van der Waals surface area (Å²) >= 11 is 7.10. The number of ether oxygens (including phenoxy) is 1. The molecule has 6 heteroatoms. The van der Waals surface area contributed by atoms with Gasteiger partial charge in [0.05, 0.1) is 18.2 Å². The Morgan fingerprint density at radius 3 is 2.75 bits per heavy atom. The Hall–Kier alpha value is -1.85. The first-order valence-electron chi connectivity index (χ1n) is 7.83. The number of benzene rings is 1. The molecule has 0 radical (unpaired) electrons. The molecule has 1 heterocycles. The van der Waals surface area contributed by atoms with Crippen LogP contribution < -0.4 is 10.1 Å². The molecule has 0 saturated carbocycles. The van der Waals surface area contributed by atoms with Gasteiger partial charge in [0.1, 0.15) is 16.6 Å². The molecule has 1 N–H and O–H groups in total. The summed E-state index contributed by atoms with van der Waals surface area (Å²) in [7, 11) is 1.55. The quantitative estimate of drug-likeness (QED) is 0.644. The van der Waals surface area contributed by atoms with Crippen molar-refractivity contribution in [3.8, 4) is 5.75 Å². The maximum atomic E-state index is 13.2. The van der Waals surface area contributed by atoms with E-state index in [-0.39, 0.29) is 17.6 Å². The van der Waals surface area contributed by atoms with E-state index in [9.17, 15) is 9.59 Å². The van der Waals surface area contributed by atoms with E-state index in [1.54, 1.807) is 19.2 Å². The fourth-order valence-electron chi connectivity index (χ4n) is 3.02. The van der Waals surface area contributed by atoms with Gasteiger partial charge in [0.15, 0.2) is 5.78 Å². The van der Waals surface area contributed by atoms with Crippen molar-refractivity contribution in [2.45, 2.75) is 25.7 Å². The number of anilines is 1. The van der Waals surface area contributed by atoms with Gasteiger partial charge in [-0.3, -0.25) is 9.59 Å². The zero-order chi connectivity index (χ0) is 17.1. The molecule has 1 aliphatic carbocycles. The highest BCUT2D eigenvalue weighted by Crippen LogP contribution is 2.40. The average Bonchev–Trinajstić information content (AvgIpc) is 2.98. The number of hydrogen-bond donors (Lipinski definition) is 1. The number of carbonyl (C=O) groups is 2. The predicted molar refractivity (Wildman–Crippen MR) is 96.7 cm³/mol. The predicted octanol–water partition coefficient (Wildman–Crippen LogP) is 4.04. The summed E-state index contributed by atoms with van der Waals surface area (Å²) in [4.78, 5) is 26.1. The molecule has 0 saturated heterocycles. The van der Waals surface area contributed by atoms with Crippen LogP contribution in [0.5, 0.6) is 5.75 Å². The van der Waals surface area contributed by atoms with Crippen LogP contribution >= 0.6 is 22.9 Å². The second-order valence-corrected chi connectivity index (χ2v) is 7.00. The van der Waals surface area contributed by atoms with Crippen molar-refractivity contribution in [3.05, 3.63) is 45.8 Å². The smallest absolute Gasteiger partial charge is 0.239 e. The number of hydrogen-bond acceptors (Lipinski definition) is 4. The van der Waals surface area contributed by atoms with Gasteiger partial charge in [-0.15, -0.1) is 22.9 Å². The highest BCUT2D eigenvalue weighted by Gasteiger charge is 2.28. The zero-order valence-corrected chi connectivity index (χ0v) is 14.9. The number of thiophene rings is 1. The first-order valence-corrected chi connectivity index (χ1v) is 9.19. The summed E-state index contributed by atoms with van der Waals surface area (Å²) in [5.41, 5.74) is 2.16. The molecule has 126 valence electrons. The third kappa shape index (κ3) is 3.19. The summed E-state index contributed by atoms with van der Waals surface area (Å²) in [6, 6.07) is 7.16. The first kappa shape index (κ1) is 17.0. The maximum absolute atomic E-state index is 13.2. The fraction of sp³-hybridized carbons (Fsp3) is 0.333. The van der Waals surface area contributed by atoms with Crippen molar-refractivity contribution < 1.29 is 14.3 Å². The molecule has 0 atom stereocenters. The molecule has 1 aromatic carbocycles. The lowest BCUT2D eigenvalue weighted by molar-refractivity contribution is -0.113. The van der Waals surface area contributed by atoms with Gasteiger partial charge in [0, 0.05) is 4.88 Å². The van der Waals surface area contributed by atoms with E-state index in [4.69, 9.17) is 16.3 Å². The van der Waals surface area contributed by atoms with Gasteiger partial charge in [0.25, 0.3) is 0 Å². The molecule has 24 heavy (non-hydrogen) atoms. The number of fused-ring (bicyclic) bond motifs is 1. The van der Waals surface area contributed by atoms with Gasteiger partial charge in [-0.25, -0.2) is 0 Å². The Balaban J connectivity index is 2.09. The number of amides is 1. The highest BCUT2D eigenvalue weighted by atomic mass is 35.5. The van der Waals surface area contributed by atoms with Crippen molar-refractivity contribution in [2.24, 2.45) is 0 Å². The number of methoxy groups -OCH3 is 1. The van der Waals surface area contributed by atoms with E-state index in [0.29, 0.717) is 21.9 Å². The van der Waals surface area contributed by atoms with Gasteiger partial charge in [-0.2, -0.15) is 0 Å². The number of halogens is 1. The summed E-state index contributed by atoms with van der Waals surface area (Å²) < 4.78 is 5.32. The van der Waals surface area contributed by atoms with Crippen molar-refractivity contribution >= 4 is 39.6 Å². The number of ketones is 1. The number of aryl methyl sites for hydroxylation is 1. The molecule has 0 unspecified atom stereocenters. The van der Waals surface area contributed by atoms with Gasteiger partial charge < -0.3 is 10.1 Å². The molecule has 0 aliphatic heterocycles. The average molecular weight is 364 g/mol. The van der Waals surface area contributed by atoms with Gasteiger partial charge in [0.2, 0.25) is 5.91 Å². The van der Waals surface area contributed by atoms with Crippen molar-refractivity contribution in [2.75, 3.05) is 18.3 Å². The van der Waals surface area contributed by atoms with Gasteiger partial charge >= 0.3 is 0 Å². The molecule has 1 aliphatic rings. The standard InChI is InChI=1S/C18H18ClNO3S/c1-23-13-8-4-2-6-11(13)17(22)16-12-7-3-5-9-14(12)24-18(16)20-15(21)10-19/h2,4,6,8H,3,5,7,9-10H2,1H3,(H,20,21). The largest absolute Gasteiger partial charge is 0.496 e. The van der Waals surface area contributed by atoms with E-state index >= 15 is 0 Å². The van der Waals surface area contributed by atoms with E-state index in [1.165, 1.54) is 16.2 Å². The monoisotopic (exact) mass is 363 g/mol. The number of carbonyl (C=O) groups excluding carboxylic acids is 2. The molecular weight excluding hydrogens is 346 g/mol. The van der Waals surface area contributed by atoms with Gasteiger partial charge in [-0.1, -0.05) is 12.1 Å². The third-order valence-electron chi connectivity index (χ3n) is 4.12. The van der Waals surface area contributed by atoms with E-state index in [1.807, 2.05) is 12.1 Å². The van der Waals surface area contributed by atoms with Crippen LogP contribution in [0.15, 0.2) is 24.3 Å². The zero-order valence-electron chi connectivity index (χ0n) is 13.4. The van der Waals surface area contributed by atoms with Crippen LogP contribution in [-0.4, -0.2) is 24.7 Å². The highest BCUT2D eigenvalue weighted by molar-refractivity contribution is 7.17. The number of nitrogens with one attached hydrogen (secondary N) is 1. The molecule has 0 fully saturated rings. The Morgan fingerprint density at radius 1 is 1.25 bits per heavy atom.